The molecular weight excluding hydrogens is 256 g/mol. The zero-order chi connectivity index (χ0) is 14.2. The van der Waals surface area contributed by atoms with Gasteiger partial charge in [-0.3, -0.25) is 4.79 Å². The Labute approximate surface area is 119 Å². The van der Waals surface area contributed by atoms with Gasteiger partial charge in [-0.2, -0.15) is 0 Å². The second-order valence-corrected chi connectivity index (χ2v) is 4.80. The van der Waals surface area contributed by atoms with Gasteiger partial charge in [-0.25, -0.2) is 4.98 Å². The Morgan fingerprint density at radius 2 is 2.15 bits per heavy atom. The normalized spacial score (nSPS) is 15.2. The Morgan fingerprint density at radius 3 is 2.80 bits per heavy atom. The maximum atomic E-state index is 11.7. The van der Waals surface area contributed by atoms with Gasteiger partial charge in [0.05, 0.1) is 25.1 Å². The van der Waals surface area contributed by atoms with E-state index in [4.69, 9.17) is 10.5 Å². The third-order valence-electron chi connectivity index (χ3n) is 3.22. The fourth-order valence-electron chi connectivity index (χ4n) is 2.09. The van der Waals surface area contributed by atoms with Gasteiger partial charge in [-0.1, -0.05) is 0 Å². The first-order valence-electron chi connectivity index (χ1n) is 7.08. The Balaban J connectivity index is 1.83. The number of pyridine rings is 1. The van der Waals surface area contributed by atoms with Crippen molar-refractivity contribution < 1.29 is 9.53 Å². The number of hydrogen-bond donors (Lipinski definition) is 2. The number of anilines is 2. The first-order chi connectivity index (χ1) is 9.79. The molecule has 1 aliphatic heterocycles. The number of carbonyl (C=O) groups excluding carboxylic acids is 1. The predicted molar refractivity (Wildman–Crippen MR) is 78.8 cm³/mol. The van der Waals surface area contributed by atoms with E-state index in [1.807, 2.05) is 12.1 Å². The van der Waals surface area contributed by atoms with Gasteiger partial charge in [0.2, 0.25) is 5.91 Å². The Bertz CT molecular complexity index is 416. The quantitative estimate of drug-likeness (QED) is 0.758. The largest absolute Gasteiger partial charge is 0.378 e. The lowest BCUT2D eigenvalue weighted by Crippen LogP contribution is -2.36. The molecule has 0 unspecified atom stereocenters. The fourth-order valence-corrected chi connectivity index (χ4v) is 2.09. The van der Waals surface area contributed by atoms with Crippen LogP contribution in [-0.4, -0.2) is 43.7 Å². The van der Waals surface area contributed by atoms with Crippen molar-refractivity contribution in [3.05, 3.63) is 18.3 Å². The molecule has 110 valence electrons. The lowest BCUT2D eigenvalue weighted by molar-refractivity contribution is -0.116. The Morgan fingerprint density at radius 1 is 1.35 bits per heavy atom. The highest BCUT2D eigenvalue weighted by Crippen LogP contribution is 2.15. The predicted octanol–water partition coefficient (Wildman–Crippen LogP) is 0.986. The average Bonchev–Trinajstić information content (AvgIpc) is 2.49. The van der Waals surface area contributed by atoms with Crippen LogP contribution in [0.2, 0.25) is 0 Å². The molecule has 1 fully saturated rings. The number of carbonyl (C=O) groups is 1. The van der Waals surface area contributed by atoms with Crippen LogP contribution in [0.15, 0.2) is 18.3 Å². The minimum atomic E-state index is 0.0133. The summed E-state index contributed by atoms with van der Waals surface area (Å²) < 4.78 is 5.31. The van der Waals surface area contributed by atoms with Crippen LogP contribution in [0, 0.1) is 0 Å². The molecule has 1 aliphatic rings. The molecule has 3 N–H and O–H groups in total. The molecule has 1 aromatic rings. The van der Waals surface area contributed by atoms with Crippen molar-refractivity contribution in [3.8, 4) is 0 Å². The van der Waals surface area contributed by atoms with Crippen molar-refractivity contribution >= 4 is 17.4 Å². The zero-order valence-corrected chi connectivity index (χ0v) is 11.7. The molecule has 0 aromatic carbocycles. The van der Waals surface area contributed by atoms with Crippen LogP contribution >= 0.6 is 0 Å². The highest BCUT2D eigenvalue weighted by atomic mass is 16.5. The van der Waals surface area contributed by atoms with E-state index in [2.05, 4.69) is 15.2 Å². The first kappa shape index (κ1) is 14.7. The number of amides is 1. The molecule has 0 bridgehead atoms. The number of hydrogen-bond acceptors (Lipinski definition) is 5. The van der Waals surface area contributed by atoms with Crippen molar-refractivity contribution in [2.45, 2.75) is 19.3 Å². The summed E-state index contributed by atoms with van der Waals surface area (Å²) in [7, 11) is 0. The Kier molecular flexibility index (Phi) is 5.76. The van der Waals surface area contributed by atoms with E-state index in [0.717, 1.165) is 50.7 Å². The highest BCUT2D eigenvalue weighted by Gasteiger charge is 2.12. The fraction of sp³-hybridized carbons (Fsp3) is 0.571. The van der Waals surface area contributed by atoms with Crippen LogP contribution in [0.3, 0.4) is 0 Å². The first-order valence-corrected chi connectivity index (χ1v) is 7.08. The topological polar surface area (TPSA) is 80.5 Å². The summed E-state index contributed by atoms with van der Waals surface area (Å²) in [5.74, 6) is 0.939. The van der Waals surface area contributed by atoms with Crippen molar-refractivity contribution in [2.75, 3.05) is 43.1 Å². The minimum absolute atomic E-state index is 0.0133. The van der Waals surface area contributed by atoms with Gasteiger partial charge < -0.3 is 20.7 Å². The molecule has 0 saturated carbocycles. The number of ether oxygens (including phenoxy) is 1. The lowest BCUT2D eigenvalue weighted by Gasteiger charge is -2.27. The van der Waals surface area contributed by atoms with E-state index in [1.165, 1.54) is 0 Å². The molecule has 1 aromatic heterocycles. The van der Waals surface area contributed by atoms with Crippen molar-refractivity contribution in [1.82, 2.24) is 4.98 Å². The molecule has 2 heterocycles. The molecule has 6 nitrogen and oxygen atoms in total. The molecule has 1 saturated heterocycles. The lowest BCUT2D eigenvalue weighted by atomic mass is 10.2. The second-order valence-electron chi connectivity index (χ2n) is 4.80. The van der Waals surface area contributed by atoms with Crippen molar-refractivity contribution in [2.24, 2.45) is 5.73 Å². The maximum Gasteiger partial charge on any atom is 0.224 e. The number of nitrogens with zero attached hydrogens (tertiary/aromatic N) is 2. The molecule has 0 spiro atoms. The smallest absolute Gasteiger partial charge is 0.224 e. The van der Waals surface area contributed by atoms with E-state index in [9.17, 15) is 4.79 Å². The Hall–Kier alpha value is -1.66. The SMILES string of the molecule is NCCCCC(=O)Nc1ccc(N2CCOCC2)nc1. The van der Waals surface area contributed by atoms with Crippen LogP contribution in [0.1, 0.15) is 19.3 Å². The molecule has 6 heteroatoms. The van der Waals surface area contributed by atoms with E-state index >= 15 is 0 Å². The van der Waals surface area contributed by atoms with Crippen LogP contribution in [0.5, 0.6) is 0 Å². The van der Waals surface area contributed by atoms with E-state index in [0.29, 0.717) is 13.0 Å². The van der Waals surface area contributed by atoms with E-state index in [-0.39, 0.29) is 5.91 Å². The molecule has 0 aliphatic carbocycles. The van der Waals surface area contributed by atoms with Crippen LogP contribution in [0.4, 0.5) is 11.5 Å². The van der Waals surface area contributed by atoms with E-state index in [1.54, 1.807) is 6.20 Å². The molecular formula is C14H22N4O2. The van der Waals surface area contributed by atoms with Gasteiger partial charge >= 0.3 is 0 Å². The third-order valence-corrected chi connectivity index (χ3v) is 3.22. The number of morpholine rings is 1. The average molecular weight is 278 g/mol. The van der Waals surface area contributed by atoms with Gasteiger partial charge in [0.15, 0.2) is 0 Å². The third kappa shape index (κ3) is 4.47. The van der Waals surface area contributed by atoms with Crippen molar-refractivity contribution in [1.29, 1.82) is 0 Å². The number of nitrogens with one attached hydrogen (secondary N) is 1. The van der Waals surface area contributed by atoms with Gasteiger partial charge in [0.25, 0.3) is 0 Å². The molecule has 2 rings (SSSR count). The van der Waals surface area contributed by atoms with Gasteiger partial charge in [0, 0.05) is 19.5 Å². The number of unbranched alkanes of at least 4 members (excludes halogenated alkanes) is 1. The summed E-state index contributed by atoms with van der Waals surface area (Å²) in [5.41, 5.74) is 6.14. The highest BCUT2D eigenvalue weighted by molar-refractivity contribution is 5.90. The summed E-state index contributed by atoms with van der Waals surface area (Å²) in [6.45, 7) is 3.82. The second kappa shape index (κ2) is 7.81. The summed E-state index contributed by atoms with van der Waals surface area (Å²) >= 11 is 0. The van der Waals surface area contributed by atoms with Gasteiger partial charge in [0.1, 0.15) is 5.82 Å². The molecule has 0 atom stereocenters. The summed E-state index contributed by atoms with van der Waals surface area (Å²) in [6, 6.07) is 3.82. The van der Waals surface area contributed by atoms with Crippen LogP contribution in [-0.2, 0) is 9.53 Å². The summed E-state index contributed by atoms with van der Waals surface area (Å²) in [5, 5.41) is 2.85. The monoisotopic (exact) mass is 278 g/mol. The maximum absolute atomic E-state index is 11.7. The van der Waals surface area contributed by atoms with Gasteiger partial charge in [-0.05, 0) is 31.5 Å². The summed E-state index contributed by atoms with van der Waals surface area (Å²) in [6.07, 6.45) is 3.90. The number of nitrogens with two attached hydrogens (primary N) is 1. The number of rotatable bonds is 6. The van der Waals surface area contributed by atoms with Crippen molar-refractivity contribution in [3.63, 3.8) is 0 Å². The molecule has 1 amide bonds. The molecule has 20 heavy (non-hydrogen) atoms. The van der Waals surface area contributed by atoms with E-state index < -0.39 is 0 Å². The standard InChI is InChI=1S/C14H22N4O2/c15-6-2-1-3-14(19)17-12-4-5-13(16-11-12)18-7-9-20-10-8-18/h4-5,11H,1-3,6-10,15H2,(H,17,19). The number of aromatic nitrogens is 1. The van der Waals surface area contributed by atoms with Crippen LogP contribution < -0.4 is 16.0 Å². The van der Waals surface area contributed by atoms with Crippen LogP contribution in [0.25, 0.3) is 0 Å². The van der Waals surface area contributed by atoms with Gasteiger partial charge in [-0.15, -0.1) is 0 Å². The minimum Gasteiger partial charge on any atom is -0.378 e. The zero-order valence-electron chi connectivity index (χ0n) is 11.7. The summed E-state index contributed by atoms with van der Waals surface area (Å²) in [4.78, 5) is 18.2. The molecule has 0 radical (unpaired) electrons.